The number of hydrogen-bond donors (Lipinski definition) is 1. The van der Waals surface area contributed by atoms with Crippen molar-refractivity contribution in [2.24, 2.45) is 5.92 Å². The van der Waals surface area contributed by atoms with Crippen molar-refractivity contribution in [2.45, 2.75) is 46.1 Å². The molecular weight excluding hydrogens is 380 g/mol. The summed E-state index contributed by atoms with van der Waals surface area (Å²) < 4.78 is 11.1. The van der Waals surface area contributed by atoms with Gasteiger partial charge in [-0.3, -0.25) is 9.78 Å². The number of benzene rings is 1. The van der Waals surface area contributed by atoms with Crippen LogP contribution in [0.15, 0.2) is 53.3 Å². The van der Waals surface area contributed by atoms with Gasteiger partial charge in [0.2, 0.25) is 17.6 Å². The van der Waals surface area contributed by atoms with E-state index in [9.17, 15) is 4.79 Å². The third-order valence-electron chi connectivity index (χ3n) is 4.76. The summed E-state index contributed by atoms with van der Waals surface area (Å²) in [5.41, 5.74) is 2.02. The number of aromatic nitrogens is 3. The van der Waals surface area contributed by atoms with Crippen molar-refractivity contribution in [3.63, 3.8) is 0 Å². The molecule has 0 fully saturated rings. The fraction of sp³-hybridized carbons (Fsp3) is 0.391. The SMILES string of the molecule is CC(C)c1ccc(OCCC(=O)NC(c2nc(-c3cccnc3)no2)C(C)C)cc1. The van der Waals surface area contributed by atoms with Gasteiger partial charge in [-0.15, -0.1) is 0 Å². The number of rotatable bonds is 9. The van der Waals surface area contributed by atoms with Gasteiger partial charge in [-0.25, -0.2) is 0 Å². The molecule has 0 bridgehead atoms. The van der Waals surface area contributed by atoms with Crippen LogP contribution in [0, 0.1) is 5.92 Å². The molecule has 0 aliphatic carbocycles. The average Bonchev–Trinajstić information content (AvgIpc) is 3.22. The number of carbonyl (C=O) groups is 1. The third-order valence-corrected chi connectivity index (χ3v) is 4.76. The zero-order valence-electron chi connectivity index (χ0n) is 17.8. The molecule has 1 N–H and O–H groups in total. The molecule has 2 aromatic heterocycles. The number of nitrogens with zero attached hydrogens (tertiary/aromatic N) is 3. The van der Waals surface area contributed by atoms with Gasteiger partial charge >= 0.3 is 0 Å². The molecule has 1 unspecified atom stereocenters. The van der Waals surface area contributed by atoms with E-state index < -0.39 is 0 Å². The minimum atomic E-state index is -0.374. The maximum atomic E-state index is 12.5. The summed E-state index contributed by atoms with van der Waals surface area (Å²) in [6.07, 6.45) is 3.59. The average molecular weight is 409 g/mol. The Balaban J connectivity index is 1.55. The molecule has 0 aliphatic heterocycles. The molecule has 2 heterocycles. The summed E-state index contributed by atoms with van der Waals surface area (Å²) in [6.45, 7) is 8.57. The Hall–Kier alpha value is -3.22. The summed E-state index contributed by atoms with van der Waals surface area (Å²) in [6, 6.07) is 11.2. The maximum Gasteiger partial charge on any atom is 0.249 e. The Morgan fingerprint density at radius 1 is 1.13 bits per heavy atom. The third kappa shape index (κ3) is 5.65. The van der Waals surface area contributed by atoms with Gasteiger partial charge in [-0.1, -0.05) is 45.0 Å². The molecule has 0 radical (unpaired) electrons. The number of hydrogen-bond acceptors (Lipinski definition) is 6. The second kappa shape index (κ2) is 10.0. The van der Waals surface area contributed by atoms with E-state index in [1.807, 2.05) is 50.2 Å². The van der Waals surface area contributed by atoms with Crippen molar-refractivity contribution in [3.8, 4) is 17.1 Å². The first-order chi connectivity index (χ1) is 14.4. The number of ether oxygens (including phenoxy) is 1. The Morgan fingerprint density at radius 2 is 1.90 bits per heavy atom. The van der Waals surface area contributed by atoms with Crippen molar-refractivity contribution in [2.75, 3.05) is 6.61 Å². The lowest BCUT2D eigenvalue weighted by molar-refractivity contribution is -0.122. The van der Waals surface area contributed by atoms with Crippen LogP contribution in [0.5, 0.6) is 5.75 Å². The van der Waals surface area contributed by atoms with E-state index in [-0.39, 0.29) is 24.3 Å². The van der Waals surface area contributed by atoms with Gasteiger partial charge in [-0.2, -0.15) is 4.98 Å². The molecule has 1 amide bonds. The molecular formula is C23H28N4O3. The van der Waals surface area contributed by atoms with Crippen LogP contribution in [0.1, 0.15) is 57.5 Å². The highest BCUT2D eigenvalue weighted by atomic mass is 16.5. The normalized spacial score (nSPS) is 12.2. The fourth-order valence-electron chi connectivity index (χ4n) is 2.94. The molecule has 158 valence electrons. The van der Waals surface area contributed by atoms with Crippen LogP contribution in [0.2, 0.25) is 0 Å². The van der Waals surface area contributed by atoms with E-state index in [4.69, 9.17) is 9.26 Å². The predicted molar refractivity (Wildman–Crippen MR) is 114 cm³/mol. The fourth-order valence-corrected chi connectivity index (χ4v) is 2.94. The smallest absolute Gasteiger partial charge is 0.249 e. The second-order valence-corrected chi connectivity index (χ2v) is 7.81. The number of pyridine rings is 1. The number of amides is 1. The van der Waals surface area contributed by atoms with Gasteiger partial charge in [0.25, 0.3) is 0 Å². The van der Waals surface area contributed by atoms with E-state index in [2.05, 4.69) is 34.3 Å². The number of nitrogens with one attached hydrogen (secondary N) is 1. The van der Waals surface area contributed by atoms with Gasteiger partial charge < -0.3 is 14.6 Å². The molecule has 1 atom stereocenters. The summed E-state index contributed by atoms with van der Waals surface area (Å²) in [5, 5.41) is 6.99. The highest BCUT2D eigenvalue weighted by Crippen LogP contribution is 2.23. The van der Waals surface area contributed by atoms with Crippen LogP contribution in [-0.4, -0.2) is 27.6 Å². The summed E-state index contributed by atoms with van der Waals surface area (Å²) in [7, 11) is 0. The standard InChI is InChI=1S/C23H28N4O3/c1-15(2)17-7-9-19(10-8-17)29-13-11-20(28)25-21(16(3)4)23-26-22(27-30-23)18-6-5-12-24-14-18/h5-10,12,14-16,21H,11,13H2,1-4H3,(H,25,28). The zero-order valence-corrected chi connectivity index (χ0v) is 17.8. The molecule has 30 heavy (non-hydrogen) atoms. The van der Waals surface area contributed by atoms with E-state index in [0.29, 0.717) is 24.2 Å². The van der Waals surface area contributed by atoms with E-state index in [1.165, 1.54) is 5.56 Å². The maximum absolute atomic E-state index is 12.5. The molecule has 7 nitrogen and oxygen atoms in total. The van der Waals surface area contributed by atoms with Gasteiger partial charge in [0.15, 0.2) is 0 Å². The van der Waals surface area contributed by atoms with Crippen LogP contribution >= 0.6 is 0 Å². The quantitative estimate of drug-likeness (QED) is 0.559. The highest BCUT2D eigenvalue weighted by Gasteiger charge is 2.24. The first kappa shape index (κ1) is 21.5. The Bertz CT molecular complexity index is 937. The topological polar surface area (TPSA) is 90.1 Å². The molecule has 3 aromatic rings. The van der Waals surface area contributed by atoms with Crippen molar-refractivity contribution in [1.82, 2.24) is 20.4 Å². The monoisotopic (exact) mass is 408 g/mol. The number of carbonyl (C=O) groups excluding carboxylic acids is 1. The molecule has 3 rings (SSSR count). The van der Waals surface area contributed by atoms with Gasteiger partial charge in [0.1, 0.15) is 11.8 Å². The minimum Gasteiger partial charge on any atom is -0.493 e. The van der Waals surface area contributed by atoms with E-state index in [0.717, 1.165) is 11.3 Å². The van der Waals surface area contributed by atoms with E-state index >= 15 is 0 Å². The Morgan fingerprint density at radius 3 is 2.53 bits per heavy atom. The second-order valence-electron chi connectivity index (χ2n) is 7.81. The van der Waals surface area contributed by atoms with Crippen molar-refractivity contribution < 1.29 is 14.1 Å². The van der Waals surface area contributed by atoms with Crippen LogP contribution in [-0.2, 0) is 4.79 Å². The van der Waals surface area contributed by atoms with Crippen LogP contribution in [0.4, 0.5) is 0 Å². The molecule has 7 heteroatoms. The Labute approximate surface area is 176 Å². The molecule has 0 saturated carbocycles. The molecule has 0 aliphatic rings. The van der Waals surface area contributed by atoms with E-state index in [1.54, 1.807) is 12.4 Å². The lowest BCUT2D eigenvalue weighted by Gasteiger charge is -2.18. The van der Waals surface area contributed by atoms with Gasteiger partial charge in [0.05, 0.1) is 13.0 Å². The first-order valence-corrected chi connectivity index (χ1v) is 10.2. The van der Waals surface area contributed by atoms with Crippen molar-refractivity contribution >= 4 is 5.91 Å². The zero-order chi connectivity index (χ0) is 21.5. The van der Waals surface area contributed by atoms with Crippen LogP contribution < -0.4 is 10.1 Å². The summed E-state index contributed by atoms with van der Waals surface area (Å²) in [5.74, 6) is 2.01. The molecule has 0 saturated heterocycles. The first-order valence-electron chi connectivity index (χ1n) is 10.2. The van der Waals surface area contributed by atoms with Crippen molar-refractivity contribution in [1.29, 1.82) is 0 Å². The van der Waals surface area contributed by atoms with Gasteiger partial charge in [0, 0.05) is 18.0 Å². The highest BCUT2D eigenvalue weighted by molar-refractivity contribution is 5.76. The molecule has 0 spiro atoms. The lowest BCUT2D eigenvalue weighted by atomic mass is 10.0. The summed E-state index contributed by atoms with van der Waals surface area (Å²) in [4.78, 5) is 21.0. The Kier molecular flexibility index (Phi) is 7.17. The minimum absolute atomic E-state index is 0.0839. The lowest BCUT2D eigenvalue weighted by Crippen LogP contribution is -2.32. The molecule has 1 aromatic carbocycles. The van der Waals surface area contributed by atoms with Crippen LogP contribution in [0.3, 0.4) is 0 Å². The predicted octanol–water partition coefficient (Wildman–Crippen LogP) is 4.54. The van der Waals surface area contributed by atoms with Crippen molar-refractivity contribution in [3.05, 3.63) is 60.2 Å². The van der Waals surface area contributed by atoms with Gasteiger partial charge in [-0.05, 0) is 41.7 Å². The van der Waals surface area contributed by atoms with Crippen LogP contribution in [0.25, 0.3) is 11.4 Å². The summed E-state index contributed by atoms with van der Waals surface area (Å²) >= 11 is 0. The largest absolute Gasteiger partial charge is 0.493 e.